The van der Waals surface area contributed by atoms with Gasteiger partial charge in [-0.05, 0) is 106 Å². The third-order valence-electron chi connectivity index (χ3n) is 10.4. The fraction of sp³-hybridized carbons (Fsp3) is 0. The first-order valence-corrected chi connectivity index (χ1v) is 18.7. The molecule has 0 amide bonds. The molecule has 0 unspecified atom stereocenters. The molecule has 55 heavy (non-hydrogen) atoms. The molecular weight excluding hydrogens is 669 g/mol. The van der Waals surface area contributed by atoms with E-state index in [4.69, 9.17) is 4.42 Å². The highest BCUT2D eigenvalue weighted by Crippen LogP contribution is 2.45. The molecule has 9 aromatic carbocycles. The van der Waals surface area contributed by atoms with Gasteiger partial charge in [0.25, 0.3) is 0 Å². The van der Waals surface area contributed by atoms with Gasteiger partial charge in [-0.15, -0.1) is 0 Å². The second kappa shape index (κ2) is 13.9. The molecule has 3 heteroatoms. The highest BCUT2D eigenvalue weighted by atomic mass is 16.3. The number of benzene rings is 9. The maximum atomic E-state index is 6.59. The maximum Gasteiger partial charge on any atom is 0.159 e. The van der Waals surface area contributed by atoms with E-state index < -0.39 is 0 Å². The number of anilines is 6. The van der Waals surface area contributed by atoms with Gasteiger partial charge in [0, 0.05) is 39.2 Å². The first-order valence-electron chi connectivity index (χ1n) is 18.7. The zero-order chi connectivity index (χ0) is 36.6. The second-order valence-corrected chi connectivity index (χ2v) is 13.8. The van der Waals surface area contributed by atoms with Gasteiger partial charge in [-0.3, -0.25) is 0 Å². The Morgan fingerprint density at radius 2 is 0.855 bits per heavy atom. The Morgan fingerprint density at radius 1 is 0.309 bits per heavy atom. The molecule has 0 bridgehead atoms. The minimum Gasteiger partial charge on any atom is -0.454 e. The van der Waals surface area contributed by atoms with Crippen LogP contribution in [0, 0.1) is 0 Å². The van der Waals surface area contributed by atoms with Gasteiger partial charge in [0.15, 0.2) is 5.58 Å². The third kappa shape index (κ3) is 5.98. The summed E-state index contributed by atoms with van der Waals surface area (Å²) in [5, 5.41) is 4.66. The van der Waals surface area contributed by atoms with Crippen LogP contribution in [0.4, 0.5) is 34.1 Å². The van der Waals surface area contributed by atoms with Crippen molar-refractivity contribution in [2.75, 3.05) is 9.80 Å². The molecule has 0 fully saturated rings. The molecule has 0 aliphatic heterocycles. The fourth-order valence-electron chi connectivity index (χ4n) is 7.82. The van der Waals surface area contributed by atoms with Crippen molar-refractivity contribution in [3.8, 4) is 22.3 Å². The van der Waals surface area contributed by atoms with E-state index in [1.807, 2.05) is 12.1 Å². The number of hydrogen-bond donors (Lipinski definition) is 0. The van der Waals surface area contributed by atoms with E-state index in [1.54, 1.807) is 0 Å². The van der Waals surface area contributed by atoms with E-state index in [0.717, 1.165) is 78.3 Å². The Morgan fingerprint density at radius 3 is 1.62 bits per heavy atom. The van der Waals surface area contributed by atoms with Gasteiger partial charge in [0.05, 0.1) is 5.69 Å². The van der Waals surface area contributed by atoms with Crippen molar-refractivity contribution in [1.82, 2.24) is 0 Å². The van der Waals surface area contributed by atoms with Gasteiger partial charge in [-0.25, -0.2) is 0 Å². The average Bonchev–Trinajstić information content (AvgIpc) is 3.65. The van der Waals surface area contributed by atoms with Crippen molar-refractivity contribution in [3.63, 3.8) is 0 Å². The van der Waals surface area contributed by atoms with Crippen molar-refractivity contribution in [2.24, 2.45) is 0 Å². The van der Waals surface area contributed by atoms with E-state index in [9.17, 15) is 0 Å². The predicted molar refractivity (Wildman–Crippen MR) is 231 cm³/mol. The van der Waals surface area contributed by atoms with Crippen LogP contribution >= 0.6 is 0 Å². The molecule has 0 aliphatic carbocycles. The van der Waals surface area contributed by atoms with Crippen LogP contribution in [0.5, 0.6) is 0 Å². The van der Waals surface area contributed by atoms with E-state index >= 15 is 0 Å². The summed E-state index contributed by atoms with van der Waals surface area (Å²) < 4.78 is 6.59. The van der Waals surface area contributed by atoms with Crippen molar-refractivity contribution >= 4 is 66.8 Å². The lowest BCUT2D eigenvalue weighted by molar-refractivity contribution is 0.669. The molecule has 3 nitrogen and oxygen atoms in total. The summed E-state index contributed by atoms with van der Waals surface area (Å²) in [5.74, 6) is 0. The lowest BCUT2D eigenvalue weighted by Crippen LogP contribution is -2.10. The molecule has 10 aromatic rings. The Kier molecular flexibility index (Phi) is 8.16. The Labute approximate surface area is 320 Å². The highest BCUT2D eigenvalue weighted by Gasteiger charge is 2.21. The lowest BCUT2D eigenvalue weighted by atomic mass is 9.93. The van der Waals surface area contributed by atoms with Crippen LogP contribution in [0.2, 0.25) is 0 Å². The first kappa shape index (κ1) is 32.3. The molecule has 10 rings (SSSR count). The van der Waals surface area contributed by atoms with Crippen molar-refractivity contribution in [2.45, 2.75) is 0 Å². The Balaban J connectivity index is 1.10. The molecule has 0 N–H and O–H groups in total. The number of furan rings is 1. The minimum absolute atomic E-state index is 0.864. The van der Waals surface area contributed by atoms with Gasteiger partial charge in [-0.1, -0.05) is 146 Å². The largest absolute Gasteiger partial charge is 0.454 e. The van der Waals surface area contributed by atoms with Crippen molar-refractivity contribution in [1.29, 1.82) is 0 Å². The standard InChI is InChI=1S/C52H36N2O/c1-4-16-38(17-5-1)49-36-45(54(42-21-8-3-9-22-42)50-25-14-24-48-47-23-12-13-26-51(47)55-52(48)50)33-34-46(49)39-28-30-43(31-29-39)53(41-19-6-2-7-20-41)44-32-27-37-15-10-11-18-40(37)35-44/h1-36H. The summed E-state index contributed by atoms with van der Waals surface area (Å²) in [7, 11) is 0. The molecule has 0 radical (unpaired) electrons. The zero-order valence-corrected chi connectivity index (χ0v) is 30.1. The van der Waals surface area contributed by atoms with Crippen molar-refractivity contribution < 1.29 is 4.42 Å². The minimum atomic E-state index is 0.864. The highest BCUT2D eigenvalue weighted by molar-refractivity contribution is 6.10. The van der Waals surface area contributed by atoms with E-state index in [2.05, 4.69) is 216 Å². The summed E-state index contributed by atoms with van der Waals surface area (Å²) in [6, 6.07) is 77.5. The molecule has 1 aromatic heterocycles. The van der Waals surface area contributed by atoms with Crippen LogP contribution in [0.25, 0.3) is 55.0 Å². The van der Waals surface area contributed by atoms with Crippen LogP contribution in [-0.2, 0) is 0 Å². The van der Waals surface area contributed by atoms with E-state index in [0.29, 0.717) is 0 Å². The van der Waals surface area contributed by atoms with Gasteiger partial charge >= 0.3 is 0 Å². The SMILES string of the molecule is c1ccc(-c2cc(N(c3ccccc3)c3cccc4c3oc3ccccc34)ccc2-c2ccc(N(c3ccccc3)c3ccc4ccccc4c3)cc2)cc1. The zero-order valence-electron chi connectivity index (χ0n) is 30.1. The van der Waals surface area contributed by atoms with Crippen LogP contribution in [0.3, 0.4) is 0 Å². The van der Waals surface area contributed by atoms with E-state index in [1.165, 1.54) is 10.8 Å². The quantitative estimate of drug-likeness (QED) is 0.157. The maximum absolute atomic E-state index is 6.59. The molecule has 0 saturated carbocycles. The smallest absolute Gasteiger partial charge is 0.159 e. The van der Waals surface area contributed by atoms with Crippen LogP contribution in [0.15, 0.2) is 223 Å². The molecule has 260 valence electrons. The normalized spacial score (nSPS) is 11.3. The molecule has 0 spiro atoms. The number of nitrogens with zero attached hydrogens (tertiary/aromatic N) is 2. The van der Waals surface area contributed by atoms with Gasteiger partial charge < -0.3 is 14.2 Å². The molecule has 0 atom stereocenters. The van der Waals surface area contributed by atoms with Crippen LogP contribution in [0.1, 0.15) is 0 Å². The third-order valence-corrected chi connectivity index (χ3v) is 10.4. The molecule has 1 heterocycles. The summed E-state index contributed by atoms with van der Waals surface area (Å²) >= 11 is 0. The number of hydrogen-bond acceptors (Lipinski definition) is 3. The van der Waals surface area contributed by atoms with Crippen LogP contribution < -0.4 is 9.80 Å². The fourth-order valence-corrected chi connectivity index (χ4v) is 7.82. The molecular formula is C52H36N2O. The Bertz CT molecular complexity index is 2920. The summed E-state index contributed by atoms with van der Waals surface area (Å²) in [4.78, 5) is 4.64. The predicted octanol–water partition coefficient (Wildman–Crippen LogP) is 15.0. The summed E-state index contributed by atoms with van der Waals surface area (Å²) in [5.41, 5.74) is 12.8. The van der Waals surface area contributed by atoms with Gasteiger partial charge in [0.2, 0.25) is 0 Å². The van der Waals surface area contributed by atoms with Crippen molar-refractivity contribution in [3.05, 3.63) is 218 Å². The molecule has 0 saturated heterocycles. The second-order valence-electron chi connectivity index (χ2n) is 13.8. The summed E-state index contributed by atoms with van der Waals surface area (Å²) in [6.45, 7) is 0. The number of para-hydroxylation sites is 4. The lowest BCUT2D eigenvalue weighted by Gasteiger charge is -2.27. The topological polar surface area (TPSA) is 19.6 Å². The number of rotatable bonds is 8. The van der Waals surface area contributed by atoms with Gasteiger partial charge in [-0.2, -0.15) is 0 Å². The number of fused-ring (bicyclic) bond motifs is 4. The van der Waals surface area contributed by atoms with Gasteiger partial charge in [0.1, 0.15) is 5.58 Å². The molecule has 0 aliphatic rings. The Hall–Kier alpha value is -7.36. The van der Waals surface area contributed by atoms with E-state index in [-0.39, 0.29) is 0 Å². The average molecular weight is 705 g/mol. The monoisotopic (exact) mass is 704 g/mol. The first-order chi connectivity index (χ1) is 27.3. The van der Waals surface area contributed by atoms with Crippen LogP contribution in [-0.4, -0.2) is 0 Å². The summed E-state index contributed by atoms with van der Waals surface area (Å²) in [6.07, 6.45) is 0.